The van der Waals surface area contributed by atoms with Crippen LogP contribution in [0.25, 0.3) is 10.1 Å². The Labute approximate surface area is 101 Å². The second kappa shape index (κ2) is 3.88. The summed E-state index contributed by atoms with van der Waals surface area (Å²) in [6.45, 7) is 2.72. The summed E-state index contributed by atoms with van der Waals surface area (Å²) < 4.78 is 9.04. The van der Waals surface area contributed by atoms with Crippen LogP contribution >= 0.6 is 54.5 Å². The average Bonchev–Trinajstić information content (AvgIpc) is 2.57. The summed E-state index contributed by atoms with van der Waals surface area (Å²) in [4.78, 5) is 0. The van der Waals surface area contributed by atoms with Crippen molar-refractivity contribution in [2.45, 2.75) is 6.92 Å². The summed E-state index contributed by atoms with van der Waals surface area (Å²) in [5.74, 6) is 0. The Hall–Kier alpha value is 0.420. The van der Waals surface area contributed by atoms with E-state index < -0.39 is 0 Å². The lowest BCUT2D eigenvalue weighted by molar-refractivity contribution is 0.350. The molecule has 5 heteroatoms. The molecule has 0 amide bonds. The summed E-state index contributed by atoms with van der Waals surface area (Å²) in [5, 5.41) is 2.23. The molecule has 1 nitrogen and oxygen atoms in total. The van der Waals surface area contributed by atoms with E-state index in [9.17, 15) is 0 Å². The van der Waals surface area contributed by atoms with Gasteiger partial charge in [0.05, 0.1) is 18.9 Å². The zero-order valence-electron chi connectivity index (χ0n) is 6.77. The first kappa shape index (κ1) is 9.96. The third-order valence-electron chi connectivity index (χ3n) is 1.57. The number of hydrogen-bond donors (Lipinski definition) is 0. The third-order valence-corrected chi connectivity index (χ3v) is 5.60. The minimum Gasteiger partial charge on any atom is -0.484 e. The molecule has 0 saturated carbocycles. The highest BCUT2D eigenvalue weighted by Gasteiger charge is 2.11. The van der Waals surface area contributed by atoms with Gasteiger partial charge in [0.2, 0.25) is 0 Å². The molecule has 0 aromatic carbocycles. The molecule has 2 heterocycles. The number of fused-ring (bicyclic) bond motifs is 1. The fourth-order valence-corrected chi connectivity index (χ4v) is 5.43. The van der Waals surface area contributed by atoms with Crippen molar-refractivity contribution in [1.29, 1.82) is 0 Å². The van der Waals surface area contributed by atoms with Crippen LogP contribution in [0.3, 0.4) is 0 Å². The predicted molar refractivity (Wildman–Crippen MR) is 66.3 cm³/mol. The Bertz CT molecular complexity index is 398. The maximum Gasteiger partial charge on any atom is 0.175 e. The van der Waals surface area contributed by atoms with Crippen LogP contribution in [0.15, 0.2) is 13.6 Å². The van der Waals surface area contributed by atoms with Crippen molar-refractivity contribution >= 4 is 64.6 Å². The normalized spacial score (nSPS) is 11.0. The SMILES string of the molecule is CCOc1cc2c(Br)sc(Br)c2s1. The van der Waals surface area contributed by atoms with Crippen LogP contribution in [-0.4, -0.2) is 6.61 Å². The number of ether oxygens (including phenoxy) is 1. The largest absolute Gasteiger partial charge is 0.484 e. The number of hydrogen-bond acceptors (Lipinski definition) is 3. The van der Waals surface area contributed by atoms with Gasteiger partial charge in [0, 0.05) is 11.5 Å². The van der Waals surface area contributed by atoms with Gasteiger partial charge in [-0.2, -0.15) is 0 Å². The van der Waals surface area contributed by atoms with Gasteiger partial charge in [-0.3, -0.25) is 0 Å². The molecule has 0 N–H and O–H groups in total. The van der Waals surface area contributed by atoms with Crippen molar-refractivity contribution in [1.82, 2.24) is 0 Å². The van der Waals surface area contributed by atoms with Gasteiger partial charge < -0.3 is 4.74 Å². The van der Waals surface area contributed by atoms with E-state index >= 15 is 0 Å². The molecule has 0 bridgehead atoms. The van der Waals surface area contributed by atoms with E-state index in [4.69, 9.17) is 4.74 Å². The highest BCUT2D eigenvalue weighted by atomic mass is 79.9. The second-order valence-electron chi connectivity index (χ2n) is 2.39. The van der Waals surface area contributed by atoms with Crippen molar-refractivity contribution < 1.29 is 4.74 Å². The molecule has 0 aliphatic rings. The first-order valence-corrected chi connectivity index (χ1v) is 6.94. The van der Waals surface area contributed by atoms with Gasteiger partial charge in [0.25, 0.3) is 0 Å². The summed E-state index contributed by atoms with van der Waals surface area (Å²) in [6, 6.07) is 2.08. The maximum absolute atomic E-state index is 5.44. The molecule has 0 unspecified atom stereocenters. The quantitative estimate of drug-likeness (QED) is 0.755. The Morgan fingerprint density at radius 3 is 2.69 bits per heavy atom. The van der Waals surface area contributed by atoms with Crippen molar-refractivity contribution in [3.8, 4) is 5.06 Å². The van der Waals surface area contributed by atoms with E-state index in [1.165, 1.54) is 13.9 Å². The molecule has 0 fully saturated rings. The van der Waals surface area contributed by atoms with Gasteiger partial charge in [-0.05, 0) is 38.8 Å². The second-order valence-corrected chi connectivity index (χ2v) is 7.06. The lowest BCUT2D eigenvalue weighted by Gasteiger charge is -1.94. The van der Waals surface area contributed by atoms with E-state index in [-0.39, 0.29) is 0 Å². The Kier molecular flexibility index (Phi) is 2.97. The molecule has 0 radical (unpaired) electrons. The molecule has 2 aromatic rings. The minimum atomic E-state index is 0.724. The monoisotopic (exact) mass is 340 g/mol. The standard InChI is InChI=1S/C8H6Br2OS2/c1-2-11-5-3-4-6(12-5)8(10)13-7(4)9/h3H,2H2,1H3. The fourth-order valence-electron chi connectivity index (χ4n) is 1.05. The Morgan fingerprint density at radius 1 is 1.31 bits per heavy atom. The number of rotatable bonds is 2. The molecule has 70 valence electrons. The van der Waals surface area contributed by atoms with Crippen LogP contribution in [-0.2, 0) is 0 Å². The van der Waals surface area contributed by atoms with Crippen molar-refractivity contribution in [3.63, 3.8) is 0 Å². The molecule has 0 spiro atoms. The predicted octanol–water partition coefficient (Wildman–Crippen LogP) is 4.89. The zero-order valence-corrected chi connectivity index (χ0v) is 11.6. The fraction of sp³-hybridized carbons (Fsp3) is 0.250. The van der Waals surface area contributed by atoms with Crippen molar-refractivity contribution in [3.05, 3.63) is 13.6 Å². The zero-order chi connectivity index (χ0) is 9.42. The molecule has 2 aromatic heterocycles. The highest BCUT2D eigenvalue weighted by molar-refractivity contribution is 9.12. The number of thiophene rings is 2. The Morgan fingerprint density at radius 2 is 2.08 bits per heavy atom. The number of halogens is 2. The molecular formula is C8H6Br2OS2. The Balaban J connectivity index is 2.56. The minimum absolute atomic E-state index is 0.724. The summed E-state index contributed by atoms with van der Waals surface area (Å²) in [5.41, 5.74) is 0. The molecule has 13 heavy (non-hydrogen) atoms. The van der Waals surface area contributed by atoms with Crippen molar-refractivity contribution in [2.75, 3.05) is 6.61 Å². The smallest absolute Gasteiger partial charge is 0.175 e. The molecule has 0 aliphatic carbocycles. The van der Waals surface area contributed by atoms with Gasteiger partial charge in [-0.25, -0.2) is 0 Å². The summed E-state index contributed by atoms with van der Waals surface area (Å²) in [7, 11) is 0. The van der Waals surface area contributed by atoms with Gasteiger partial charge in [0.15, 0.2) is 5.06 Å². The summed E-state index contributed by atoms with van der Waals surface area (Å²) in [6.07, 6.45) is 0. The molecule has 0 atom stereocenters. The van der Waals surface area contributed by atoms with E-state index in [0.29, 0.717) is 0 Å². The highest BCUT2D eigenvalue weighted by Crippen LogP contribution is 2.45. The van der Waals surface area contributed by atoms with E-state index in [1.54, 1.807) is 22.7 Å². The van der Waals surface area contributed by atoms with Crippen LogP contribution in [0.2, 0.25) is 0 Å². The van der Waals surface area contributed by atoms with E-state index in [1.807, 2.05) is 6.92 Å². The lowest BCUT2D eigenvalue weighted by Crippen LogP contribution is -1.86. The van der Waals surface area contributed by atoms with Crippen LogP contribution < -0.4 is 4.74 Å². The van der Waals surface area contributed by atoms with Crippen molar-refractivity contribution in [2.24, 2.45) is 0 Å². The van der Waals surface area contributed by atoms with E-state index in [2.05, 4.69) is 37.9 Å². The first-order chi connectivity index (χ1) is 6.22. The molecule has 0 aliphatic heterocycles. The van der Waals surface area contributed by atoms with Crippen LogP contribution in [0.1, 0.15) is 6.92 Å². The van der Waals surface area contributed by atoms with Crippen LogP contribution in [0, 0.1) is 0 Å². The molecule has 2 rings (SSSR count). The van der Waals surface area contributed by atoms with Crippen LogP contribution in [0.4, 0.5) is 0 Å². The average molecular weight is 342 g/mol. The van der Waals surface area contributed by atoms with Gasteiger partial charge in [-0.15, -0.1) is 11.3 Å². The van der Waals surface area contributed by atoms with Crippen LogP contribution in [0.5, 0.6) is 5.06 Å². The maximum atomic E-state index is 5.44. The first-order valence-electron chi connectivity index (χ1n) is 3.72. The van der Waals surface area contributed by atoms with Gasteiger partial charge in [0.1, 0.15) is 0 Å². The molecule has 0 saturated heterocycles. The molecular weight excluding hydrogens is 336 g/mol. The topological polar surface area (TPSA) is 9.23 Å². The van der Waals surface area contributed by atoms with E-state index in [0.717, 1.165) is 15.5 Å². The third kappa shape index (κ3) is 1.79. The summed E-state index contributed by atoms with van der Waals surface area (Å²) >= 11 is 10.4. The van der Waals surface area contributed by atoms with Gasteiger partial charge in [-0.1, -0.05) is 11.3 Å². The van der Waals surface area contributed by atoms with Gasteiger partial charge >= 0.3 is 0 Å². The lowest BCUT2D eigenvalue weighted by atomic mass is 10.4.